The molecule has 0 heterocycles. The van der Waals surface area contributed by atoms with E-state index in [2.05, 4.69) is 0 Å². The van der Waals surface area contributed by atoms with Crippen LogP contribution in [-0.2, 0) is 4.79 Å². The van der Waals surface area contributed by atoms with Crippen molar-refractivity contribution >= 4 is 17.5 Å². The van der Waals surface area contributed by atoms with Gasteiger partial charge in [-0.05, 0) is 35.7 Å². The Morgan fingerprint density at radius 2 is 1.44 bits per heavy atom. The highest BCUT2D eigenvalue weighted by atomic mass is 35.5. The van der Waals surface area contributed by atoms with Crippen molar-refractivity contribution in [3.63, 3.8) is 0 Å². The van der Waals surface area contributed by atoms with Crippen LogP contribution < -0.4 is 5.73 Å². The number of hydrogen-bond donors (Lipinski definition) is 1. The second-order valence-corrected chi connectivity index (χ2v) is 4.69. The van der Waals surface area contributed by atoms with Gasteiger partial charge in [-0.25, -0.2) is 0 Å². The van der Waals surface area contributed by atoms with E-state index in [0.717, 1.165) is 21.7 Å². The topological polar surface area (TPSA) is 43.1 Å². The maximum Gasteiger partial charge on any atom is 0.224 e. The van der Waals surface area contributed by atoms with E-state index >= 15 is 0 Å². The summed E-state index contributed by atoms with van der Waals surface area (Å²) in [6, 6.07) is 15.5. The van der Waals surface area contributed by atoms with Gasteiger partial charge in [0.25, 0.3) is 0 Å². The van der Waals surface area contributed by atoms with E-state index in [0.29, 0.717) is 0 Å². The van der Waals surface area contributed by atoms with Crippen LogP contribution in [0.3, 0.4) is 0 Å². The third-order valence-corrected chi connectivity index (χ3v) is 3.27. The zero-order valence-corrected chi connectivity index (χ0v) is 10.8. The Balaban J connectivity index is 2.27. The minimum Gasteiger partial charge on any atom is -0.369 e. The molecule has 0 radical (unpaired) electrons. The number of carbonyl (C=O) groups excluding carboxylic acids is 1. The highest BCUT2D eigenvalue weighted by molar-refractivity contribution is 6.30. The first-order chi connectivity index (χ1) is 8.58. The van der Waals surface area contributed by atoms with Crippen molar-refractivity contribution in [2.24, 2.45) is 5.73 Å². The molecule has 0 saturated carbocycles. The third-order valence-electron chi connectivity index (χ3n) is 3.02. The Morgan fingerprint density at radius 1 is 1.00 bits per heavy atom. The van der Waals surface area contributed by atoms with Gasteiger partial charge in [0.05, 0.1) is 5.92 Å². The fourth-order valence-corrected chi connectivity index (χ4v) is 1.90. The van der Waals surface area contributed by atoms with E-state index in [-0.39, 0.29) is 11.8 Å². The first kappa shape index (κ1) is 12.7. The van der Waals surface area contributed by atoms with Crippen LogP contribution in [0.25, 0.3) is 11.1 Å². The molecule has 0 fully saturated rings. The largest absolute Gasteiger partial charge is 0.369 e. The maximum atomic E-state index is 11.1. The highest BCUT2D eigenvalue weighted by Crippen LogP contribution is 2.24. The number of halogens is 1. The normalized spacial score (nSPS) is 12.1. The molecule has 1 unspecified atom stereocenters. The molecule has 2 aromatic carbocycles. The minimum absolute atomic E-state index is 0.260. The highest BCUT2D eigenvalue weighted by Gasteiger charge is 2.11. The number of rotatable bonds is 3. The summed E-state index contributed by atoms with van der Waals surface area (Å²) in [5.41, 5.74) is 8.40. The number of amides is 1. The molecule has 2 nitrogen and oxygen atoms in total. The van der Waals surface area contributed by atoms with Gasteiger partial charge >= 0.3 is 0 Å². The SMILES string of the molecule is CC(C(N)=O)c1ccc(-c2ccc(Cl)cc2)cc1. The van der Waals surface area contributed by atoms with Crippen molar-refractivity contribution in [3.05, 3.63) is 59.1 Å². The fraction of sp³-hybridized carbons (Fsp3) is 0.133. The third kappa shape index (κ3) is 2.71. The van der Waals surface area contributed by atoms with Crippen molar-refractivity contribution in [1.82, 2.24) is 0 Å². The second kappa shape index (κ2) is 5.23. The molecule has 1 atom stereocenters. The molecule has 2 aromatic rings. The maximum absolute atomic E-state index is 11.1. The summed E-state index contributed by atoms with van der Waals surface area (Å²) < 4.78 is 0. The van der Waals surface area contributed by atoms with Crippen molar-refractivity contribution in [2.75, 3.05) is 0 Å². The Kier molecular flexibility index (Phi) is 3.68. The average molecular weight is 260 g/mol. The summed E-state index contributed by atoms with van der Waals surface area (Å²) in [5, 5.41) is 0.720. The second-order valence-electron chi connectivity index (χ2n) is 4.25. The van der Waals surface area contributed by atoms with Crippen molar-refractivity contribution in [3.8, 4) is 11.1 Å². The van der Waals surface area contributed by atoms with Gasteiger partial charge in [0.1, 0.15) is 0 Å². The smallest absolute Gasteiger partial charge is 0.224 e. The lowest BCUT2D eigenvalue weighted by atomic mass is 9.97. The Labute approximate surface area is 111 Å². The van der Waals surface area contributed by atoms with Crippen molar-refractivity contribution < 1.29 is 4.79 Å². The quantitative estimate of drug-likeness (QED) is 0.899. The number of benzene rings is 2. The molecule has 18 heavy (non-hydrogen) atoms. The molecule has 2 rings (SSSR count). The molecule has 0 aliphatic rings. The van der Waals surface area contributed by atoms with Crippen LogP contribution in [-0.4, -0.2) is 5.91 Å². The van der Waals surface area contributed by atoms with Gasteiger partial charge in [0, 0.05) is 5.02 Å². The van der Waals surface area contributed by atoms with Crippen LogP contribution in [0.5, 0.6) is 0 Å². The summed E-state index contributed by atoms with van der Waals surface area (Å²) in [6.07, 6.45) is 0. The summed E-state index contributed by atoms with van der Waals surface area (Å²) in [4.78, 5) is 11.1. The zero-order valence-electron chi connectivity index (χ0n) is 10.1. The number of carbonyl (C=O) groups is 1. The minimum atomic E-state index is -0.311. The first-order valence-corrected chi connectivity index (χ1v) is 6.11. The fourth-order valence-electron chi connectivity index (χ4n) is 1.77. The predicted octanol–water partition coefficient (Wildman–Crippen LogP) is 3.60. The Bertz CT molecular complexity index is 546. The Hall–Kier alpha value is -1.80. The van der Waals surface area contributed by atoms with Gasteiger partial charge in [-0.2, -0.15) is 0 Å². The van der Waals surface area contributed by atoms with Crippen LogP contribution in [0.1, 0.15) is 18.4 Å². The van der Waals surface area contributed by atoms with Gasteiger partial charge in [0.2, 0.25) is 5.91 Å². The van der Waals surface area contributed by atoms with Gasteiger partial charge in [-0.15, -0.1) is 0 Å². The molecule has 92 valence electrons. The monoisotopic (exact) mass is 259 g/mol. The molecular formula is C15H14ClNO. The van der Waals surface area contributed by atoms with E-state index in [9.17, 15) is 4.79 Å². The molecule has 0 saturated heterocycles. The lowest BCUT2D eigenvalue weighted by Gasteiger charge is -2.08. The van der Waals surface area contributed by atoms with Crippen LogP contribution in [0, 0.1) is 0 Å². The molecule has 2 N–H and O–H groups in total. The van der Waals surface area contributed by atoms with Crippen LogP contribution in [0.4, 0.5) is 0 Å². The molecule has 1 amide bonds. The first-order valence-electron chi connectivity index (χ1n) is 5.73. The standard InChI is InChI=1S/C15H14ClNO/c1-10(15(17)18)11-2-4-12(5-3-11)13-6-8-14(16)9-7-13/h2-10H,1H3,(H2,17,18). The molecular weight excluding hydrogens is 246 g/mol. The van der Waals surface area contributed by atoms with Gasteiger partial charge in [0.15, 0.2) is 0 Å². The lowest BCUT2D eigenvalue weighted by molar-refractivity contribution is -0.119. The van der Waals surface area contributed by atoms with E-state index < -0.39 is 0 Å². The molecule has 0 spiro atoms. The number of primary amides is 1. The number of hydrogen-bond acceptors (Lipinski definition) is 1. The molecule has 0 aromatic heterocycles. The molecule has 0 aliphatic heterocycles. The average Bonchev–Trinajstić information content (AvgIpc) is 2.39. The summed E-state index contributed by atoms with van der Waals surface area (Å²) in [6.45, 7) is 1.81. The molecule has 0 aliphatic carbocycles. The predicted molar refractivity (Wildman–Crippen MR) is 74.5 cm³/mol. The zero-order chi connectivity index (χ0) is 13.1. The summed E-state index contributed by atoms with van der Waals surface area (Å²) >= 11 is 5.85. The van der Waals surface area contributed by atoms with Gasteiger partial charge < -0.3 is 5.73 Å². The van der Waals surface area contributed by atoms with Gasteiger partial charge in [-0.3, -0.25) is 4.79 Å². The van der Waals surface area contributed by atoms with E-state index in [1.165, 1.54) is 0 Å². The lowest BCUT2D eigenvalue weighted by Crippen LogP contribution is -2.18. The molecule has 0 bridgehead atoms. The van der Waals surface area contributed by atoms with E-state index in [1.54, 1.807) is 6.92 Å². The van der Waals surface area contributed by atoms with E-state index in [1.807, 2.05) is 48.5 Å². The number of nitrogens with two attached hydrogens (primary N) is 1. The van der Waals surface area contributed by atoms with E-state index in [4.69, 9.17) is 17.3 Å². The van der Waals surface area contributed by atoms with Gasteiger partial charge in [-0.1, -0.05) is 48.0 Å². The Morgan fingerprint density at radius 3 is 1.89 bits per heavy atom. The van der Waals surface area contributed by atoms with Crippen LogP contribution in [0.2, 0.25) is 5.02 Å². The molecule has 3 heteroatoms. The van der Waals surface area contributed by atoms with Crippen LogP contribution >= 0.6 is 11.6 Å². The van der Waals surface area contributed by atoms with Crippen molar-refractivity contribution in [2.45, 2.75) is 12.8 Å². The summed E-state index contributed by atoms with van der Waals surface area (Å²) in [7, 11) is 0. The summed E-state index contributed by atoms with van der Waals surface area (Å²) in [5.74, 6) is -0.571. The van der Waals surface area contributed by atoms with Crippen LogP contribution in [0.15, 0.2) is 48.5 Å². The van der Waals surface area contributed by atoms with Crippen molar-refractivity contribution in [1.29, 1.82) is 0 Å².